The number of nitrogens with two attached hydrogens (primary N) is 1. The monoisotopic (exact) mass is 205 g/mol. The zero-order valence-electron chi connectivity index (χ0n) is 9.08. The molecule has 2 heteroatoms. The first-order valence-corrected chi connectivity index (χ1v) is 5.74. The number of rotatable bonds is 2. The van der Waals surface area contributed by atoms with Crippen molar-refractivity contribution in [3.8, 4) is 0 Å². The molecule has 0 unspecified atom stereocenters. The van der Waals surface area contributed by atoms with E-state index < -0.39 is 0 Å². The molecule has 0 aliphatic heterocycles. The van der Waals surface area contributed by atoms with E-state index in [1.165, 1.54) is 19.3 Å². The van der Waals surface area contributed by atoms with Crippen molar-refractivity contribution < 1.29 is 5.11 Å². The summed E-state index contributed by atoms with van der Waals surface area (Å²) in [5.41, 5.74) is 7.91. The second-order valence-electron chi connectivity index (χ2n) is 4.59. The summed E-state index contributed by atoms with van der Waals surface area (Å²) in [7, 11) is 0. The van der Waals surface area contributed by atoms with Crippen LogP contribution in [-0.4, -0.2) is 11.7 Å². The van der Waals surface area contributed by atoms with Crippen LogP contribution in [-0.2, 0) is 5.41 Å². The predicted molar refractivity (Wildman–Crippen MR) is 62.7 cm³/mol. The van der Waals surface area contributed by atoms with Crippen LogP contribution >= 0.6 is 0 Å². The van der Waals surface area contributed by atoms with Crippen molar-refractivity contribution in [2.24, 2.45) is 0 Å². The van der Waals surface area contributed by atoms with Crippen LogP contribution in [0, 0.1) is 0 Å². The summed E-state index contributed by atoms with van der Waals surface area (Å²) in [6.45, 7) is 0.223. The molecule has 0 amide bonds. The van der Waals surface area contributed by atoms with Crippen LogP contribution in [0.15, 0.2) is 24.3 Å². The molecule has 0 saturated heterocycles. The molecule has 1 aliphatic rings. The SMILES string of the molecule is Nc1ccccc1C1(CO)CCCCC1. The van der Waals surface area contributed by atoms with Gasteiger partial charge in [-0.2, -0.15) is 0 Å². The molecular formula is C13H19NO. The van der Waals surface area contributed by atoms with Gasteiger partial charge < -0.3 is 10.8 Å². The highest BCUT2D eigenvalue weighted by molar-refractivity contribution is 5.51. The molecule has 1 saturated carbocycles. The van der Waals surface area contributed by atoms with Crippen molar-refractivity contribution in [1.82, 2.24) is 0 Å². The van der Waals surface area contributed by atoms with Crippen molar-refractivity contribution in [3.63, 3.8) is 0 Å². The lowest BCUT2D eigenvalue weighted by Gasteiger charge is -2.36. The third-order valence-electron chi connectivity index (χ3n) is 3.65. The molecule has 0 spiro atoms. The van der Waals surface area contributed by atoms with Gasteiger partial charge in [0.1, 0.15) is 0 Å². The van der Waals surface area contributed by atoms with E-state index in [1.54, 1.807) is 0 Å². The largest absolute Gasteiger partial charge is 0.398 e. The maximum Gasteiger partial charge on any atom is 0.0528 e. The Morgan fingerprint density at radius 3 is 2.40 bits per heavy atom. The summed E-state index contributed by atoms with van der Waals surface area (Å²) in [4.78, 5) is 0. The average molecular weight is 205 g/mol. The maximum absolute atomic E-state index is 9.66. The molecule has 0 heterocycles. The first-order chi connectivity index (χ1) is 7.28. The number of nitrogen functional groups attached to an aromatic ring is 1. The number of aliphatic hydroxyl groups is 1. The Morgan fingerprint density at radius 2 is 1.80 bits per heavy atom. The summed E-state index contributed by atoms with van der Waals surface area (Å²) in [5.74, 6) is 0. The van der Waals surface area contributed by atoms with Crippen molar-refractivity contribution in [1.29, 1.82) is 0 Å². The lowest BCUT2D eigenvalue weighted by atomic mass is 9.69. The first kappa shape index (κ1) is 10.5. The third-order valence-corrected chi connectivity index (χ3v) is 3.65. The quantitative estimate of drug-likeness (QED) is 0.728. The minimum absolute atomic E-state index is 0.0659. The van der Waals surface area contributed by atoms with E-state index in [4.69, 9.17) is 5.73 Å². The summed E-state index contributed by atoms with van der Waals surface area (Å²) < 4.78 is 0. The Morgan fingerprint density at radius 1 is 1.13 bits per heavy atom. The Balaban J connectivity index is 2.36. The van der Waals surface area contributed by atoms with E-state index in [1.807, 2.05) is 18.2 Å². The maximum atomic E-state index is 9.66. The average Bonchev–Trinajstić information content (AvgIpc) is 2.30. The molecular weight excluding hydrogens is 186 g/mol. The van der Waals surface area contributed by atoms with Crippen molar-refractivity contribution in [2.75, 3.05) is 12.3 Å². The third kappa shape index (κ3) is 1.86. The zero-order chi connectivity index (χ0) is 10.7. The lowest BCUT2D eigenvalue weighted by Crippen LogP contribution is -2.33. The van der Waals surface area contributed by atoms with Gasteiger partial charge in [0.25, 0.3) is 0 Å². The molecule has 1 aromatic carbocycles. The predicted octanol–water partition coefficient (Wildman–Crippen LogP) is 2.46. The first-order valence-electron chi connectivity index (χ1n) is 5.74. The molecule has 0 bridgehead atoms. The molecule has 2 nitrogen and oxygen atoms in total. The molecule has 2 rings (SSSR count). The second-order valence-corrected chi connectivity index (χ2v) is 4.59. The Kier molecular flexibility index (Phi) is 2.96. The summed E-state index contributed by atoms with van der Waals surface area (Å²) >= 11 is 0. The van der Waals surface area contributed by atoms with Crippen LogP contribution < -0.4 is 5.73 Å². The molecule has 82 valence electrons. The van der Waals surface area contributed by atoms with E-state index in [2.05, 4.69) is 6.07 Å². The van der Waals surface area contributed by atoms with E-state index in [0.717, 1.165) is 24.1 Å². The number of hydrogen-bond acceptors (Lipinski definition) is 2. The van der Waals surface area contributed by atoms with Gasteiger partial charge in [-0.05, 0) is 24.5 Å². The number of hydrogen-bond donors (Lipinski definition) is 2. The van der Waals surface area contributed by atoms with Crippen molar-refractivity contribution in [2.45, 2.75) is 37.5 Å². The molecule has 1 aromatic rings. The minimum Gasteiger partial charge on any atom is -0.398 e. The molecule has 15 heavy (non-hydrogen) atoms. The van der Waals surface area contributed by atoms with Gasteiger partial charge in [-0.25, -0.2) is 0 Å². The highest BCUT2D eigenvalue weighted by Gasteiger charge is 2.34. The summed E-state index contributed by atoms with van der Waals surface area (Å²) in [6, 6.07) is 7.96. The molecule has 3 N–H and O–H groups in total. The van der Waals surface area contributed by atoms with Gasteiger partial charge in [-0.3, -0.25) is 0 Å². The fraction of sp³-hybridized carbons (Fsp3) is 0.538. The summed E-state index contributed by atoms with van der Waals surface area (Å²) in [5, 5.41) is 9.66. The minimum atomic E-state index is -0.0659. The Bertz CT molecular complexity index is 329. The number of aliphatic hydroxyl groups excluding tert-OH is 1. The van der Waals surface area contributed by atoms with E-state index >= 15 is 0 Å². The van der Waals surface area contributed by atoms with E-state index in [9.17, 15) is 5.11 Å². The zero-order valence-corrected chi connectivity index (χ0v) is 9.08. The van der Waals surface area contributed by atoms with Gasteiger partial charge in [-0.1, -0.05) is 37.5 Å². The van der Waals surface area contributed by atoms with Gasteiger partial charge >= 0.3 is 0 Å². The molecule has 1 fully saturated rings. The van der Waals surface area contributed by atoms with E-state index in [0.29, 0.717) is 0 Å². The fourth-order valence-corrected chi connectivity index (χ4v) is 2.72. The molecule has 0 atom stereocenters. The lowest BCUT2D eigenvalue weighted by molar-refractivity contribution is 0.152. The number of para-hydroxylation sites is 1. The second kappa shape index (κ2) is 4.23. The fourth-order valence-electron chi connectivity index (χ4n) is 2.72. The van der Waals surface area contributed by atoms with Gasteiger partial charge in [0.15, 0.2) is 0 Å². The normalized spacial score (nSPS) is 20.1. The number of anilines is 1. The smallest absolute Gasteiger partial charge is 0.0528 e. The highest BCUT2D eigenvalue weighted by Crippen LogP contribution is 2.41. The van der Waals surface area contributed by atoms with Crippen LogP contribution in [0.1, 0.15) is 37.7 Å². The standard InChI is InChI=1S/C13H19NO/c14-12-7-3-2-6-11(12)13(10-15)8-4-1-5-9-13/h2-3,6-7,15H,1,4-5,8-10,14H2. The topological polar surface area (TPSA) is 46.2 Å². The highest BCUT2D eigenvalue weighted by atomic mass is 16.3. The Labute approximate surface area is 91.1 Å². The van der Waals surface area contributed by atoms with Crippen LogP contribution in [0.2, 0.25) is 0 Å². The van der Waals surface area contributed by atoms with Crippen molar-refractivity contribution in [3.05, 3.63) is 29.8 Å². The summed E-state index contributed by atoms with van der Waals surface area (Å²) in [6.07, 6.45) is 5.83. The molecule has 0 aromatic heterocycles. The van der Waals surface area contributed by atoms with Crippen molar-refractivity contribution >= 4 is 5.69 Å². The van der Waals surface area contributed by atoms with Crippen LogP contribution in [0.4, 0.5) is 5.69 Å². The van der Waals surface area contributed by atoms with Gasteiger partial charge in [0, 0.05) is 11.1 Å². The van der Waals surface area contributed by atoms with Crippen LogP contribution in [0.5, 0.6) is 0 Å². The number of benzene rings is 1. The van der Waals surface area contributed by atoms with Gasteiger partial charge in [0.2, 0.25) is 0 Å². The van der Waals surface area contributed by atoms with Crippen LogP contribution in [0.3, 0.4) is 0 Å². The Hall–Kier alpha value is -1.02. The molecule has 1 aliphatic carbocycles. The van der Waals surface area contributed by atoms with E-state index in [-0.39, 0.29) is 12.0 Å². The van der Waals surface area contributed by atoms with Crippen LogP contribution in [0.25, 0.3) is 0 Å². The van der Waals surface area contributed by atoms with Gasteiger partial charge in [-0.15, -0.1) is 0 Å². The van der Waals surface area contributed by atoms with Gasteiger partial charge in [0.05, 0.1) is 6.61 Å². The molecule has 0 radical (unpaired) electrons.